The molecular weight excluding hydrogens is 192 g/mol. The topological polar surface area (TPSA) is 86.9 Å². The van der Waals surface area contributed by atoms with E-state index < -0.39 is 10.2 Å². The fourth-order valence-electron chi connectivity index (χ4n) is 0.810. The van der Waals surface area contributed by atoms with Gasteiger partial charge in [0.2, 0.25) is 0 Å². The van der Waals surface area contributed by atoms with E-state index in [1.54, 1.807) is 20.0 Å². The normalized spacial score (nSPS) is 11.5. The Morgan fingerprint density at radius 3 is 2.77 bits per heavy atom. The number of anilines is 1. The predicted octanol–water partition coefficient (Wildman–Crippen LogP) is -0.0157. The average molecular weight is 204 g/mol. The van der Waals surface area contributed by atoms with E-state index in [-0.39, 0.29) is 0 Å². The van der Waals surface area contributed by atoms with Crippen LogP contribution in [-0.4, -0.2) is 25.2 Å². The molecule has 0 unspecified atom stereocenters. The summed E-state index contributed by atoms with van der Waals surface area (Å²) in [6, 6.07) is 0. The molecule has 0 aliphatic carbocycles. The first kappa shape index (κ1) is 10.0. The van der Waals surface area contributed by atoms with Crippen molar-refractivity contribution in [2.45, 2.75) is 13.8 Å². The smallest absolute Gasteiger partial charge is 0.262 e. The first-order valence-corrected chi connectivity index (χ1v) is 5.31. The Hall–Kier alpha value is -1.08. The first-order chi connectivity index (χ1) is 6.05. The summed E-state index contributed by atoms with van der Waals surface area (Å²) in [4.78, 5) is 0. The number of rotatable bonds is 4. The van der Waals surface area contributed by atoms with Crippen LogP contribution in [0.25, 0.3) is 0 Å². The molecule has 7 heteroatoms. The summed E-state index contributed by atoms with van der Waals surface area (Å²) in [5.74, 6) is 0.390. The van der Waals surface area contributed by atoms with E-state index in [1.165, 1.54) is 0 Å². The van der Waals surface area contributed by atoms with Crippen molar-refractivity contribution in [1.29, 1.82) is 0 Å². The second-order valence-electron chi connectivity index (χ2n) is 2.53. The van der Waals surface area contributed by atoms with Crippen LogP contribution in [0.2, 0.25) is 0 Å². The fraction of sp³-hybridized carbons (Fsp3) is 0.500. The Morgan fingerprint density at radius 1 is 1.62 bits per heavy atom. The van der Waals surface area contributed by atoms with Gasteiger partial charge in [0.1, 0.15) is 5.82 Å². The molecule has 0 aliphatic rings. The number of nitrogens with one attached hydrogen (secondary N) is 3. The third kappa shape index (κ3) is 2.71. The summed E-state index contributed by atoms with van der Waals surface area (Å²) in [7, 11) is -3.45. The van der Waals surface area contributed by atoms with Gasteiger partial charge in [-0.25, -0.2) is 0 Å². The molecule has 6 nitrogen and oxygen atoms in total. The maximum absolute atomic E-state index is 11.2. The Morgan fingerprint density at radius 2 is 2.31 bits per heavy atom. The molecule has 0 radical (unpaired) electrons. The largest absolute Gasteiger partial charge is 0.300 e. The molecule has 13 heavy (non-hydrogen) atoms. The zero-order chi connectivity index (χ0) is 9.90. The number of nitrogens with zero attached hydrogens (tertiary/aromatic N) is 1. The third-order valence-electron chi connectivity index (χ3n) is 1.40. The molecule has 1 aromatic rings. The van der Waals surface area contributed by atoms with E-state index in [0.29, 0.717) is 12.4 Å². The molecule has 0 saturated carbocycles. The van der Waals surface area contributed by atoms with Gasteiger partial charge in [0, 0.05) is 12.1 Å². The number of H-pyrrole nitrogens is 1. The maximum Gasteiger partial charge on any atom is 0.300 e. The minimum absolute atomic E-state index is 0.350. The summed E-state index contributed by atoms with van der Waals surface area (Å²) in [6.07, 6.45) is 1.55. The monoisotopic (exact) mass is 204 g/mol. The SMILES string of the molecule is CCNS(=O)(=O)Nc1[nH]ncc1C. The zero-order valence-electron chi connectivity index (χ0n) is 7.46. The van der Waals surface area contributed by atoms with Crippen LogP contribution in [0.5, 0.6) is 0 Å². The van der Waals surface area contributed by atoms with Crippen LogP contribution in [0.4, 0.5) is 5.82 Å². The maximum atomic E-state index is 11.2. The molecule has 0 bridgehead atoms. The predicted molar refractivity (Wildman–Crippen MR) is 49.5 cm³/mol. The number of hydrogen-bond acceptors (Lipinski definition) is 3. The molecule has 74 valence electrons. The molecule has 3 N–H and O–H groups in total. The van der Waals surface area contributed by atoms with Crippen molar-refractivity contribution in [3.8, 4) is 0 Å². The quantitative estimate of drug-likeness (QED) is 0.644. The summed E-state index contributed by atoms with van der Waals surface area (Å²) in [5, 5.41) is 6.23. The molecule has 0 saturated heterocycles. The van der Waals surface area contributed by atoms with Gasteiger partial charge in [0.15, 0.2) is 0 Å². The van der Waals surface area contributed by atoms with E-state index in [4.69, 9.17) is 0 Å². The fourth-order valence-corrected chi connectivity index (χ4v) is 1.74. The van der Waals surface area contributed by atoms with Gasteiger partial charge in [0.05, 0.1) is 6.20 Å². The lowest BCUT2D eigenvalue weighted by molar-refractivity contribution is 0.589. The minimum atomic E-state index is -3.45. The lowest BCUT2D eigenvalue weighted by Crippen LogP contribution is -2.30. The summed E-state index contributed by atoms with van der Waals surface area (Å²) >= 11 is 0. The zero-order valence-corrected chi connectivity index (χ0v) is 8.27. The summed E-state index contributed by atoms with van der Waals surface area (Å²) < 4.78 is 27.0. The van der Waals surface area contributed by atoms with Crippen LogP contribution in [0.3, 0.4) is 0 Å². The molecule has 1 aromatic heterocycles. The van der Waals surface area contributed by atoms with Crippen LogP contribution >= 0.6 is 0 Å². The third-order valence-corrected chi connectivity index (χ3v) is 2.54. The first-order valence-electron chi connectivity index (χ1n) is 3.82. The average Bonchev–Trinajstić information content (AvgIpc) is 2.35. The van der Waals surface area contributed by atoms with Gasteiger partial charge in [0.25, 0.3) is 10.2 Å². The number of aryl methyl sites for hydroxylation is 1. The standard InChI is InChI=1S/C6H12N4O2S/c1-3-8-13(11,12)10-6-5(2)4-7-9-6/h4,8H,3H2,1-2H3,(H2,7,9,10). The molecular formula is C6H12N4O2S. The number of hydrogen-bond donors (Lipinski definition) is 3. The van der Waals surface area contributed by atoms with Crippen molar-refractivity contribution in [2.24, 2.45) is 0 Å². The lowest BCUT2D eigenvalue weighted by Gasteiger charge is -2.05. The molecule has 1 heterocycles. The highest BCUT2D eigenvalue weighted by Crippen LogP contribution is 2.09. The minimum Gasteiger partial charge on any atom is -0.262 e. The van der Waals surface area contributed by atoms with Crippen LogP contribution in [-0.2, 0) is 10.2 Å². The van der Waals surface area contributed by atoms with Gasteiger partial charge in [-0.1, -0.05) is 6.92 Å². The van der Waals surface area contributed by atoms with Crippen molar-refractivity contribution >= 4 is 16.0 Å². The molecule has 0 atom stereocenters. The van der Waals surface area contributed by atoms with Gasteiger partial charge in [-0.2, -0.15) is 18.2 Å². The van der Waals surface area contributed by atoms with Crippen LogP contribution < -0.4 is 9.44 Å². The highest BCUT2D eigenvalue weighted by molar-refractivity contribution is 7.90. The van der Waals surface area contributed by atoms with Gasteiger partial charge in [-0.05, 0) is 6.92 Å². The van der Waals surface area contributed by atoms with Crippen molar-refractivity contribution in [3.63, 3.8) is 0 Å². The van der Waals surface area contributed by atoms with Crippen molar-refractivity contribution in [3.05, 3.63) is 11.8 Å². The van der Waals surface area contributed by atoms with E-state index in [1.807, 2.05) is 0 Å². The van der Waals surface area contributed by atoms with Crippen LogP contribution in [0.15, 0.2) is 6.20 Å². The van der Waals surface area contributed by atoms with E-state index in [2.05, 4.69) is 19.6 Å². The van der Waals surface area contributed by atoms with Crippen molar-refractivity contribution < 1.29 is 8.42 Å². The summed E-state index contributed by atoms with van der Waals surface area (Å²) in [5.41, 5.74) is 0.751. The molecule has 0 amide bonds. The van der Waals surface area contributed by atoms with E-state index in [0.717, 1.165) is 5.56 Å². The molecule has 0 aromatic carbocycles. The van der Waals surface area contributed by atoms with Crippen LogP contribution in [0, 0.1) is 6.92 Å². The second-order valence-corrected chi connectivity index (χ2v) is 4.03. The number of aromatic amines is 1. The van der Waals surface area contributed by atoms with E-state index in [9.17, 15) is 8.42 Å². The highest BCUT2D eigenvalue weighted by Gasteiger charge is 2.10. The molecule has 0 aliphatic heterocycles. The van der Waals surface area contributed by atoms with Crippen molar-refractivity contribution in [2.75, 3.05) is 11.3 Å². The van der Waals surface area contributed by atoms with Gasteiger partial charge >= 0.3 is 0 Å². The Bertz CT molecular complexity index is 370. The van der Waals surface area contributed by atoms with Crippen LogP contribution in [0.1, 0.15) is 12.5 Å². The molecule has 1 rings (SSSR count). The second kappa shape index (κ2) is 3.75. The van der Waals surface area contributed by atoms with E-state index >= 15 is 0 Å². The molecule has 0 fully saturated rings. The van der Waals surface area contributed by atoms with Gasteiger partial charge < -0.3 is 0 Å². The van der Waals surface area contributed by atoms with Gasteiger partial charge in [-0.15, -0.1) is 0 Å². The van der Waals surface area contributed by atoms with Gasteiger partial charge in [-0.3, -0.25) is 9.82 Å². The lowest BCUT2D eigenvalue weighted by atomic mass is 10.4. The number of aromatic nitrogens is 2. The Balaban J connectivity index is 2.75. The highest BCUT2D eigenvalue weighted by atomic mass is 32.2. The Kier molecular flexibility index (Phi) is 2.89. The molecule has 0 spiro atoms. The summed E-state index contributed by atoms with van der Waals surface area (Å²) in [6.45, 7) is 3.81. The Labute approximate surface area is 76.9 Å². The van der Waals surface area contributed by atoms with Crippen molar-refractivity contribution in [1.82, 2.24) is 14.9 Å².